The number of carbonyl (C=O) groups excluding carboxylic acids is 1. The molecule has 1 unspecified atom stereocenters. The fourth-order valence-electron chi connectivity index (χ4n) is 1.43. The topological polar surface area (TPSA) is 75.4 Å². The molecule has 4 heteroatoms. The molecular formula is C13H20N2O2. The zero-order chi connectivity index (χ0) is 12.8. The van der Waals surface area contributed by atoms with E-state index in [9.17, 15) is 4.79 Å². The summed E-state index contributed by atoms with van der Waals surface area (Å²) in [6, 6.07) is 6.32. The highest BCUT2D eigenvalue weighted by atomic mass is 16.3. The van der Waals surface area contributed by atoms with Crippen molar-refractivity contribution in [2.24, 2.45) is 5.73 Å². The van der Waals surface area contributed by atoms with Crippen molar-refractivity contribution < 1.29 is 9.90 Å². The Balaban J connectivity index is 2.51. The lowest BCUT2D eigenvalue weighted by molar-refractivity contribution is -0.122. The molecule has 4 N–H and O–H groups in total. The highest BCUT2D eigenvalue weighted by Gasteiger charge is 2.15. The van der Waals surface area contributed by atoms with Gasteiger partial charge < -0.3 is 16.2 Å². The molecule has 0 fully saturated rings. The molecule has 1 rings (SSSR count). The van der Waals surface area contributed by atoms with Gasteiger partial charge in [0.25, 0.3) is 0 Å². The number of amides is 1. The third-order valence-corrected chi connectivity index (χ3v) is 2.73. The molecule has 0 aliphatic heterocycles. The number of carbonyl (C=O) groups is 1. The summed E-state index contributed by atoms with van der Waals surface area (Å²) >= 11 is 0. The van der Waals surface area contributed by atoms with E-state index in [1.165, 1.54) is 0 Å². The van der Waals surface area contributed by atoms with E-state index in [1.54, 1.807) is 24.3 Å². The lowest BCUT2D eigenvalue weighted by Gasteiger charge is -2.16. The maximum atomic E-state index is 11.7. The van der Waals surface area contributed by atoms with Crippen LogP contribution in [0.25, 0.3) is 0 Å². The van der Waals surface area contributed by atoms with Gasteiger partial charge >= 0.3 is 0 Å². The minimum atomic E-state index is -0.548. The van der Waals surface area contributed by atoms with Gasteiger partial charge in [0.1, 0.15) is 5.75 Å². The molecule has 0 saturated heterocycles. The minimum Gasteiger partial charge on any atom is -0.508 e. The van der Waals surface area contributed by atoms with Crippen molar-refractivity contribution in [2.75, 3.05) is 0 Å². The largest absolute Gasteiger partial charge is 0.508 e. The van der Waals surface area contributed by atoms with Crippen LogP contribution in [-0.2, 0) is 11.2 Å². The van der Waals surface area contributed by atoms with Gasteiger partial charge in [0.2, 0.25) is 5.91 Å². The second-order valence-electron chi connectivity index (χ2n) is 4.29. The maximum absolute atomic E-state index is 11.7. The van der Waals surface area contributed by atoms with Crippen molar-refractivity contribution >= 4 is 5.91 Å². The second kappa shape index (κ2) is 6.25. The van der Waals surface area contributed by atoms with Gasteiger partial charge in [0, 0.05) is 6.04 Å². The van der Waals surface area contributed by atoms with Crippen LogP contribution in [-0.4, -0.2) is 23.1 Å². The molecule has 0 saturated carbocycles. The normalized spacial score (nSPS) is 14.1. The van der Waals surface area contributed by atoms with Gasteiger partial charge in [-0.3, -0.25) is 4.79 Å². The summed E-state index contributed by atoms with van der Waals surface area (Å²) in [5, 5.41) is 12.0. The number of nitrogens with two attached hydrogens (primary N) is 1. The third kappa shape index (κ3) is 4.44. The number of rotatable bonds is 5. The molecule has 0 spiro atoms. The quantitative estimate of drug-likeness (QED) is 0.718. The predicted molar refractivity (Wildman–Crippen MR) is 67.7 cm³/mol. The van der Waals surface area contributed by atoms with Crippen LogP contribution < -0.4 is 11.1 Å². The van der Waals surface area contributed by atoms with Crippen LogP contribution in [0.15, 0.2) is 24.3 Å². The Morgan fingerprint density at radius 3 is 2.53 bits per heavy atom. The second-order valence-corrected chi connectivity index (χ2v) is 4.29. The molecular weight excluding hydrogens is 216 g/mol. The SMILES string of the molecule is CCC(C)NC(=O)[C@H](N)Cc1ccc(O)cc1. The monoisotopic (exact) mass is 236 g/mol. The molecule has 0 heterocycles. The third-order valence-electron chi connectivity index (χ3n) is 2.73. The fraction of sp³-hybridized carbons (Fsp3) is 0.462. The van der Waals surface area contributed by atoms with Crippen LogP contribution in [0.5, 0.6) is 5.75 Å². The van der Waals surface area contributed by atoms with Crippen molar-refractivity contribution in [3.05, 3.63) is 29.8 Å². The van der Waals surface area contributed by atoms with Crippen molar-refractivity contribution in [3.8, 4) is 5.75 Å². The van der Waals surface area contributed by atoms with E-state index >= 15 is 0 Å². The summed E-state index contributed by atoms with van der Waals surface area (Å²) in [4.78, 5) is 11.7. The first-order valence-corrected chi connectivity index (χ1v) is 5.86. The molecule has 1 aromatic carbocycles. The average molecular weight is 236 g/mol. The summed E-state index contributed by atoms with van der Waals surface area (Å²) < 4.78 is 0. The summed E-state index contributed by atoms with van der Waals surface area (Å²) in [6.45, 7) is 3.96. The number of nitrogens with one attached hydrogen (secondary N) is 1. The van der Waals surface area contributed by atoms with E-state index < -0.39 is 6.04 Å². The van der Waals surface area contributed by atoms with E-state index in [0.29, 0.717) is 6.42 Å². The molecule has 1 amide bonds. The van der Waals surface area contributed by atoms with Gasteiger partial charge in [-0.15, -0.1) is 0 Å². The summed E-state index contributed by atoms with van der Waals surface area (Å²) in [5.41, 5.74) is 6.76. The van der Waals surface area contributed by atoms with E-state index in [4.69, 9.17) is 10.8 Å². The molecule has 0 radical (unpaired) electrons. The number of aromatic hydroxyl groups is 1. The summed E-state index contributed by atoms with van der Waals surface area (Å²) in [7, 11) is 0. The molecule has 0 aliphatic rings. The first-order chi connectivity index (χ1) is 8.02. The number of benzene rings is 1. The van der Waals surface area contributed by atoms with Gasteiger partial charge in [-0.05, 0) is 37.5 Å². The lowest BCUT2D eigenvalue weighted by atomic mass is 10.1. The molecule has 94 valence electrons. The zero-order valence-electron chi connectivity index (χ0n) is 10.3. The molecule has 0 aliphatic carbocycles. The van der Waals surface area contributed by atoms with Gasteiger partial charge in [0.05, 0.1) is 6.04 Å². The van der Waals surface area contributed by atoms with Crippen LogP contribution in [0.4, 0.5) is 0 Å². The highest BCUT2D eigenvalue weighted by molar-refractivity contribution is 5.82. The number of phenols is 1. The molecule has 17 heavy (non-hydrogen) atoms. The van der Waals surface area contributed by atoms with E-state index in [-0.39, 0.29) is 17.7 Å². The number of hydrogen-bond donors (Lipinski definition) is 3. The van der Waals surface area contributed by atoms with Crippen LogP contribution >= 0.6 is 0 Å². The molecule has 4 nitrogen and oxygen atoms in total. The highest BCUT2D eigenvalue weighted by Crippen LogP contribution is 2.10. The van der Waals surface area contributed by atoms with E-state index in [1.807, 2.05) is 13.8 Å². The Hall–Kier alpha value is -1.55. The van der Waals surface area contributed by atoms with Gasteiger partial charge in [0.15, 0.2) is 0 Å². The van der Waals surface area contributed by atoms with Crippen LogP contribution in [0.2, 0.25) is 0 Å². The Bertz CT molecular complexity index is 362. The average Bonchev–Trinajstić information content (AvgIpc) is 2.31. The van der Waals surface area contributed by atoms with Crippen LogP contribution in [0.3, 0.4) is 0 Å². The Kier molecular flexibility index (Phi) is 4.97. The molecule has 2 atom stereocenters. The summed E-state index contributed by atoms with van der Waals surface area (Å²) in [5.74, 6) is 0.0822. The van der Waals surface area contributed by atoms with Crippen molar-refractivity contribution in [2.45, 2.75) is 38.8 Å². The predicted octanol–water partition coefficient (Wildman–Crippen LogP) is 1.18. The van der Waals surface area contributed by atoms with E-state index in [2.05, 4.69) is 5.32 Å². The Morgan fingerprint density at radius 2 is 2.00 bits per heavy atom. The molecule has 0 bridgehead atoms. The first-order valence-electron chi connectivity index (χ1n) is 5.86. The first kappa shape index (κ1) is 13.5. The van der Waals surface area contributed by atoms with Crippen LogP contribution in [0.1, 0.15) is 25.8 Å². The zero-order valence-corrected chi connectivity index (χ0v) is 10.3. The minimum absolute atomic E-state index is 0.132. The standard InChI is InChI=1S/C13H20N2O2/c1-3-9(2)15-13(17)12(14)8-10-4-6-11(16)7-5-10/h4-7,9,12,16H,3,8,14H2,1-2H3,(H,15,17)/t9?,12-/m1/s1. The summed E-state index contributed by atoms with van der Waals surface area (Å²) in [6.07, 6.45) is 1.36. The fourth-order valence-corrected chi connectivity index (χ4v) is 1.43. The van der Waals surface area contributed by atoms with Crippen molar-refractivity contribution in [3.63, 3.8) is 0 Å². The number of phenolic OH excluding ortho intramolecular Hbond substituents is 1. The molecule has 1 aromatic rings. The van der Waals surface area contributed by atoms with Crippen molar-refractivity contribution in [1.29, 1.82) is 0 Å². The smallest absolute Gasteiger partial charge is 0.237 e. The van der Waals surface area contributed by atoms with Crippen LogP contribution in [0, 0.1) is 0 Å². The Morgan fingerprint density at radius 1 is 1.41 bits per heavy atom. The Labute approximate surface area is 102 Å². The van der Waals surface area contributed by atoms with E-state index in [0.717, 1.165) is 12.0 Å². The lowest BCUT2D eigenvalue weighted by Crippen LogP contribution is -2.45. The van der Waals surface area contributed by atoms with Gasteiger partial charge in [-0.2, -0.15) is 0 Å². The van der Waals surface area contributed by atoms with Gasteiger partial charge in [-0.1, -0.05) is 19.1 Å². The van der Waals surface area contributed by atoms with Gasteiger partial charge in [-0.25, -0.2) is 0 Å². The van der Waals surface area contributed by atoms with Crippen molar-refractivity contribution in [1.82, 2.24) is 5.32 Å². The number of hydrogen-bond acceptors (Lipinski definition) is 3. The maximum Gasteiger partial charge on any atom is 0.237 e. The molecule has 0 aromatic heterocycles.